The molecule has 0 spiro atoms. The molecule has 3 heteroatoms. The molecule has 0 saturated heterocycles. The molecule has 0 bridgehead atoms. The summed E-state index contributed by atoms with van der Waals surface area (Å²) in [4.78, 5) is 8.49. The molecule has 2 nitrogen and oxygen atoms in total. The van der Waals surface area contributed by atoms with Crippen LogP contribution in [0.5, 0.6) is 0 Å². The first-order valence-electron chi connectivity index (χ1n) is 6.63. The fraction of sp³-hybridized carbons (Fsp3) is 0.375. The molecule has 0 radical (unpaired) electrons. The summed E-state index contributed by atoms with van der Waals surface area (Å²) < 4.78 is 13.7. The fourth-order valence-electron chi connectivity index (χ4n) is 2.15. The monoisotopic (exact) mass is 258 g/mol. The van der Waals surface area contributed by atoms with Gasteiger partial charge in [0.15, 0.2) is 0 Å². The summed E-state index contributed by atoms with van der Waals surface area (Å²) in [5.41, 5.74) is 2.79. The Bertz CT molecular complexity index is 552. The first kappa shape index (κ1) is 13.7. The maximum atomic E-state index is 13.7. The molecule has 2 aromatic heterocycles. The predicted molar refractivity (Wildman–Crippen MR) is 74.6 cm³/mol. The van der Waals surface area contributed by atoms with Gasteiger partial charge in [-0.3, -0.25) is 9.97 Å². The largest absolute Gasteiger partial charge is 0.261 e. The Morgan fingerprint density at radius 3 is 2.58 bits per heavy atom. The Morgan fingerprint density at radius 1 is 1.11 bits per heavy atom. The zero-order valence-electron chi connectivity index (χ0n) is 11.6. The van der Waals surface area contributed by atoms with Crippen LogP contribution in [-0.4, -0.2) is 9.97 Å². The van der Waals surface area contributed by atoms with Gasteiger partial charge in [-0.2, -0.15) is 0 Å². The topological polar surface area (TPSA) is 25.8 Å². The Balaban J connectivity index is 2.17. The number of nitrogens with zero attached hydrogens (tertiary/aromatic N) is 2. The van der Waals surface area contributed by atoms with Crippen molar-refractivity contribution in [3.05, 3.63) is 59.4 Å². The second kappa shape index (κ2) is 5.91. The molecular weight excluding hydrogens is 239 g/mol. The molecular formula is C16H19FN2. The molecule has 100 valence electrons. The number of rotatable bonds is 4. The van der Waals surface area contributed by atoms with Crippen LogP contribution in [0.4, 0.5) is 4.39 Å². The second-order valence-corrected chi connectivity index (χ2v) is 5.22. The third kappa shape index (κ3) is 3.37. The molecule has 0 N–H and O–H groups in total. The van der Waals surface area contributed by atoms with Gasteiger partial charge in [0.2, 0.25) is 0 Å². The highest BCUT2D eigenvalue weighted by Crippen LogP contribution is 2.22. The zero-order valence-corrected chi connectivity index (χ0v) is 11.6. The first-order valence-corrected chi connectivity index (χ1v) is 6.63. The van der Waals surface area contributed by atoms with Crippen LogP contribution in [0.2, 0.25) is 0 Å². The summed E-state index contributed by atoms with van der Waals surface area (Å²) in [5.74, 6) is 0.235. The van der Waals surface area contributed by atoms with Gasteiger partial charge in [0.25, 0.3) is 0 Å². The van der Waals surface area contributed by atoms with Crippen LogP contribution in [-0.2, 0) is 6.42 Å². The highest BCUT2D eigenvalue weighted by atomic mass is 19.1. The minimum absolute atomic E-state index is 0.0589. The van der Waals surface area contributed by atoms with Crippen molar-refractivity contribution >= 4 is 0 Å². The predicted octanol–water partition coefficient (Wildman–Crippen LogP) is 4.09. The van der Waals surface area contributed by atoms with Crippen molar-refractivity contribution in [1.29, 1.82) is 0 Å². The minimum Gasteiger partial charge on any atom is -0.261 e. The summed E-state index contributed by atoms with van der Waals surface area (Å²) in [5, 5.41) is 0. The molecule has 1 atom stereocenters. The van der Waals surface area contributed by atoms with Gasteiger partial charge in [0, 0.05) is 24.0 Å². The number of aromatic nitrogens is 2. The van der Waals surface area contributed by atoms with E-state index < -0.39 is 0 Å². The molecule has 0 fully saturated rings. The van der Waals surface area contributed by atoms with Crippen LogP contribution >= 0.6 is 0 Å². The van der Waals surface area contributed by atoms with Crippen LogP contribution in [0.1, 0.15) is 49.6 Å². The van der Waals surface area contributed by atoms with Crippen molar-refractivity contribution < 1.29 is 4.39 Å². The molecule has 0 aromatic carbocycles. The van der Waals surface area contributed by atoms with Crippen molar-refractivity contribution in [3.63, 3.8) is 0 Å². The lowest BCUT2D eigenvalue weighted by Gasteiger charge is -2.13. The van der Waals surface area contributed by atoms with Crippen LogP contribution in [0.3, 0.4) is 0 Å². The van der Waals surface area contributed by atoms with Gasteiger partial charge < -0.3 is 0 Å². The number of hydrogen-bond acceptors (Lipinski definition) is 2. The van der Waals surface area contributed by atoms with Crippen molar-refractivity contribution in [1.82, 2.24) is 9.97 Å². The van der Waals surface area contributed by atoms with Crippen molar-refractivity contribution in [2.24, 2.45) is 0 Å². The van der Waals surface area contributed by atoms with E-state index in [2.05, 4.69) is 29.9 Å². The lowest BCUT2D eigenvalue weighted by atomic mass is 9.96. The van der Waals surface area contributed by atoms with E-state index >= 15 is 0 Å². The maximum Gasteiger partial charge on any atom is 0.144 e. The quantitative estimate of drug-likeness (QED) is 0.825. The summed E-state index contributed by atoms with van der Waals surface area (Å²) in [6, 6.07) is 7.17. The van der Waals surface area contributed by atoms with Gasteiger partial charge in [0.05, 0.1) is 5.69 Å². The van der Waals surface area contributed by atoms with Crippen molar-refractivity contribution in [2.75, 3.05) is 0 Å². The lowest BCUT2D eigenvalue weighted by molar-refractivity contribution is 0.572. The molecule has 19 heavy (non-hydrogen) atoms. The third-order valence-corrected chi connectivity index (χ3v) is 3.23. The molecule has 0 aliphatic heterocycles. The number of halogens is 1. The van der Waals surface area contributed by atoms with Crippen molar-refractivity contribution in [3.8, 4) is 0 Å². The van der Waals surface area contributed by atoms with E-state index in [9.17, 15) is 4.39 Å². The summed E-state index contributed by atoms with van der Waals surface area (Å²) in [6.07, 6.45) is 4.24. The van der Waals surface area contributed by atoms with Gasteiger partial charge in [0.1, 0.15) is 5.82 Å². The zero-order chi connectivity index (χ0) is 13.8. The SMILES string of the molecule is CC(C)c1cc(CC(C)c2ncccc2F)ccn1. The molecule has 0 saturated carbocycles. The average Bonchev–Trinajstić information content (AvgIpc) is 2.39. The fourth-order valence-corrected chi connectivity index (χ4v) is 2.15. The Morgan fingerprint density at radius 2 is 1.89 bits per heavy atom. The number of hydrogen-bond donors (Lipinski definition) is 0. The molecule has 0 aliphatic carbocycles. The third-order valence-electron chi connectivity index (χ3n) is 3.23. The average molecular weight is 258 g/mol. The molecule has 2 rings (SSSR count). The van der Waals surface area contributed by atoms with E-state index in [4.69, 9.17) is 0 Å². The molecule has 2 aromatic rings. The van der Waals surface area contributed by atoms with Gasteiger partial charge >= 0.3 is 0 Å². The van der Waals surface area contributed by atoms with Gasteiger partial charge in [-0.15, -0.1) is 0 Å². The molecule has 0 amide bonds. The standard InChI is InChI=1S/C16H19FN2/c1-11(2)15-10-13(6-8-18-15)9-12(3)16-14(17)5-4-7-19-16/h4-8,10-12H,9H2,1-3H3. The Hall–Kier alpha value is -1.77. The van der Waals surface area contributed by atoms with E-state index in [0.29, 0.717) is 11.6 Å². The Kier molecular flexibility index (Phi) is 4.25. The van der Waals surface area contributed by atoms with E-state index in [1.165, 1.54) is 11.6 Å². The summed E-state index contributed by atoms with van der Waals surface area (Å²) in [7, 11) is 0. The molecule has 2 heterocycles. The van der Waals surface area contributed by atoms with E-state index in [0.717, 1.165) is 12.1 Å². The second-order valence-electron chi connectivity index (χ2n) is 5.22. The Labute approximate surface area is 113 Å². The summed E-state index contributed by atoms with van der Waals surface area (Å²) >= 11 is 0. The van der Waals surface area contributed by atoms with Gasteiger partial charge in [-0.25, -0.2) is 4.39 Å². The van der Waals surface area contributed by atoms with Crippen LogP contribution < -0.4 is 0 Å². The molecule has 0 aliphatic rings. The van der Waals surface area contributed by atoms with Crippen LogP contribution in [0.15, 0.2) is 36.7 Å². The normalized spacial score (nSPS) is 12.7. The summed E-state index contributed by atoms with van der Waals surface area (Å²) in [6.45, 7) is 6.24. The van der Waals surface area contributed by atoms with Crippen LogP contribution in [0, 0.1) is 5.82 Å². The lowest BCUT2D eigenvalue weighted by Crippen LogP contribution is -2.05. The maximum absolute atomic E-state index is 13.7. The van der Waals surface area contributed by atoms with Gasteiger partial charge in [-0.05, 0) is 42.2 Å². The van der Waals surface area contributed by atoms with E-state index in [1.54, 1.807) is 12.3 Å². The van der Waals surface area contributed by atoms with E-state index in [-0.39, 0.29) is 11.7 Å². The minimum atomic E-state index is -0.229. The smallest absolute Gasteiger partial charge is 0.144 e. The van der Waals surface area contributed by atoms with Crippen LogP contribution in [0.25, 0.3) is 0 Å². The highest BCUT2D eigenvalue weighted by molar-refractivity contribution is 5.22. The van der Waals surface area contributed by atoms with Gasteiger partial charge in [-0.1, -0.05) is 20.8 Å². The molecule has 1 unspecified atom stereocenters. The first-order chi connectivity index (χ1) is 9.08. The van der Waals surface area contributed by atoms with Crippen molar-refractivity contribution in [2.45, 2.75) is 39.0 Å². The number of pyridine rings is 2. The van der Waals surface area contributed by atoms with E-state index in [1.807, 2.05) is 19.2 Å². The highest BCUT2D eigenvalue weighted by Gasteiger charge is 2.13.